The average Bonchev–Trinajstić information content (AvgIpc) is 3.34. The molecular formula is C16H17NO6S. The van der Waals surface area contributed by atoms with Gasteiger partial charge in [0.25, 0.3) is 10.1 Å². The normalized spacial score (nSPS) is 16.8. The molecule has 0 aliphatic carbocycles. The van der Waals surface area contributed by atoms with Crippen molar-refractivity contribution in [1.29, 1.82) is 0 Å². The number of nitrogens with one attached hydrogen (secondary N) is 1. The van der Waals surface area contributed by atoms with Gasteiger partial charge in [-0.3, -0.25) is 9.35 Å². The molecule has 1 amide bonds. The monoisotopic (exact) mass is 351 g/mol. The van der Waals surface area contributed by atoms with Crippen LogP contribution >= 0.6 is 0 Å². The van der Waals surface area contributed by atoms with Crippen LogP contribution in [0.5, 0.6) is 5.75 Å². The lowest BCUT2D eigenvalue weighted by molar-refractivity contribution is -0.118. The predicted octanol–water partition coefficient (Wildman–Crippen LogP) is 1.29. The molecule has 7 nitrogen and oxygen atoms in total. The van der Waals surface area contributed by atoms with Crippen molar-refractivity contribution in [3.8, 4) is 5.75 Å². The van der Waals surface area contributed by atoms with E-state index >= 15 is 0 Å². The minimum absolute atomic E-state index is 0.143. The number of hydrogen-bond acceptors (Lipinski definition) is 5. The highest BCUT2D eigenvalue weighted by Crippen LogP contribution is 2.32. The molecule has 0 spiro atoms. The maximum absolute atomic E-state index is 11.2. The largest absolute Gasteiger partial charge is 0.492 e. The van der Waals surface area contributed by atoms with Gasteiger partial charge in [-0.15, -0.1) is 0 Å². The van der Waals surface area contributed by atoms with E-state index in [1.807, 2.05) is 30.3 Å². The summed E-state index contributed by atoms with van der Waals surface area (Å²) in [6.07, 6.45) is 0.219. The molecule has 1 heterocycles. The van der Waals surface area contributed by atoms with E-state index in [9.17, 15) is 13.2 Å². The number of ether oxygens (including phenoxy) is 2. The molecule has 0 radical (unpaired) electrons. The lowest BCUT2D eigenvalue weighted by Crippen LogP contribution is -2.33. The highest BCUT2D eigenvalue weighted by atomic mass is 32.2. The lowest BCUT2D eigenvalue weighted by Gasteiger charge is -2.09. The third-order valence-corrected chi connectivity index (χ3v) is 4.17. The lowest BCUT2D eigenvalue weighted by atomic mass is 10.1. The fraction of sp³-hybridized carbons (Fsp3) is 0.312. The van der Waals surface area contributed by atoms with Crippen LogP contribution < -0.4 is 10.1 Å². The van der Waals surface area contributed by atoms with Gasteiger partial charge in [-0.1, -0.05) is 18.2 Å². The first kappa shape index (κ1) is 16.7. The van der Waals surface area contributed by atoms with Crippen LogP contribution in [-0.2, 0) is 19.6 Å². The standard InChI is InChI=1S/C16H17NO6S/c18-16(10-24(19,20)21)17-5-6-22-14-4-3-11-7-13(15-9-23-15)2-1-12(11)8-14/h1-4,7-8,15H,5-6,9-10H2,(H,17,18)(H,19,20,21). The summed E-state index contributed by atoms with van der Waals surface area (Å²) in [6, 6.07) is 11.8. The fourth-order valence-electron chi connectivity index (χ4n) is 2.35. The number of carbonyl (C=O) groups excluding carboxylic acids is 1. The highest BCUT2D eigenvalue weighted by Gasteiger charge is 2.24. The maximum Gasteiger partial charge on any atom is 0.274 e. The van der Waals surface area contributed by atoms with Crippen LogP contribution in [0.2, 0.25) is 0 Å². The van der Waals surface area contributed by atoms with Crippen molar-refractivity contribution in [2.24, 2.45) is 0 Å². The number of hydrogen-bond donors (Lipinski definition) is 2. The molecule has 2 aromatic carbocycles. The van der Waals surface area contributed by atoms with Gasteiger partial charge in [-0.05, 0) is 34.5 Å². The first-order chi connectivity index (χ1) is 11.4. The summed E-state index contributed by atoms with van der Waals surface area (Å²) in [6.45, 7) is 1.11. The van der Waals surface area contributed by atoms with Crippen LogP contribution in [0.25, 0.3) is 10.8 Å². The van der Waals surface area contributed by atoms with Gasteiger partial charge < -0.3 is 14.8 Å². The third-order valence-electron chi connectivity index (χ3n) is 3.55. The number of rotatable bonds is 7. The summed E-state index contributed by atoms with van der Waals surface area (Å²) in [5.41, 5.74) is 1.16. The molecule has 0 bridgehead atoms. The van der Waals surface area contributed by atoms with Crippen LogP contribution in [0.4, 0.5) is 0 Å². The van der Waals surface area contributed by atoms with Crippen molar-refractivity contribution in [3.05, 3.63) is 42.0 Å². The molecular weight excluding hydrogens is 334 g/mol. The zero-order valence-electron chi connectivity index (χ0n) is 12.8. The highest BCUT2D eigenvalue weighted by molar-refractivity contribution is 7.86. The Morgan fingerprint density at radius 2 is 1.96 bits per heavy atom. The molecule has 1 saturated heterocycles. The van der Waals surface area contributed by atoms with E-state index in [0.717, 1.165) is 22.9 Å². The van der Waals surface area contributed by atoms with E-state index in [2.05, 4.69) is 11.4 Å². The first-order valence-corrected chi connectivity index (χ1v) is 9.02. The SMILES string of the molecule is O=C(CS(=O)(=O)O)NCCOc1ccc2cc(C3CO3)ccc2c1. The van der Waals surface area contributed by atoms with Crippen LogP contribution in [0, 0.1) is 0 Å². The molecule has 1 aliphatic heterocycles. The maximum atomic E-state index is 11.2. The van der Waals surface area contributed by atoms with Crippen molar-refractivity contribution in [1.82, 2.24) is 5.32 Å². The van der Waals surface area contributed by atoms with Crippen molar-refractivity contribution in [2.75, 3.05) is 25.5 Å². The second-order valence-electron chi connectivity index (χ2n) is 5.52. The van der Waals surface area contributed by atoms with Gasteiger partial charge in [0.2, 0.25) is 5.91 Å². The topological polar surface area (TPSA) is 105 Å². The molecule has 1 atom stereocenters. The minimum atomic E-state index is -4.30. The molecule has 3 rings (SSSR count). The Balaban J connectivity index is 1.52. The van der Waals surface area contributed by atoms with Crippen LogP contribution in [0.3, 0.4) is 0 Å². The van der Waals surface area contributed by atoms with Crippen LogP contribution in [0.15, 0.2) is 36.4 Å². The zero-order valence-corrected chi connectivity index (χ0v) is 13.6. The smallest absolute Gasteiger partial charge is 0.274 e. The third kappa shape index (κ3) is 4.67. The van der Waals surface area contributed by atoms with Gasteiger partial charge >= 0.3 is 0 Å². The summed E-state index contributed by atoms with van der Waals surface area (Å²) < 4.78 is 40.4. The molecule has 128 valence electrons. The van der Waals surface area contributed by atoms with E-state index in [1.165, 1.54) is 0 Å². The molecule has 1 unspecified atom stereocenters. The Kier molecular flexibility index (Phi) is 4.70. The van der Waals surface area contributed by atoms with Gasteiger partial charge in [-0.25, -0.2) is 0 Å². The number of carbonyl (C=O) groups is 1. The van der Waals surface area contributed by atoms with Crippen LogP contribution in [0.1, 0.15) is 11.7 Å². The Morgan fingerprint density at radius 3 is 2.67 bits per heavy atom. The molecule has 1 aliphatic rings. The van der Waals surface area contributed by atoms with Gasteiger partial charge in [0.05, 0.1) is 13.2 Å². The number of benzene rings is 2. The second-order valence-corrected chi connectivity index (χ2v) is 6.97. The molecule has 24 heavy (non-hydrogen) atoms. The molecule has 2 N–H and O–H groups in total. The Hall–Kier alpha value is -2.16. The number of fused-ring (bicyclic) bond motifs is 1. The van der Waals surface area contributed by atoms with E-state index in [4.69, 9.17) is 14.0 Å². The fourth-order valence-corrected chi connectivity index (χ4v) is 2.78. The Labute approximate surface area is 139 Å². The average molecular weight is 351 g/mol. The summed E-state index contributed by atoms with van der Waals surface area (Å²) in [5, 5.41) is 4.49. The van der Waals surface area contributed by atoms with Gasteiger partial charge in [0.1, 0.15) is 18.5 Å². The molecule has 0 aromatic heterocycles. The predicted molar refractivity (Wildman–Crippen MR) is 87.6 cm³/mol. The van der Waals surface area contributed by atoms with Crippen molar-refractivity contribution in [2.45, 2.75) is 6.10 Å². The number of amides is 1. The van der Waals surface area contributed by atoms with Crippen molar-refractivity contribution in [3.63, 3.8) is 0 Å². The van der Waals surface area contributed by atoms with Gasteiger partial charge in [-0.2, -0.15) is 8.42 Å². The summed E-state index contributed by atoms with van der Waals surface area (Å²) >= 11 is 0. The Morgan fingerprint density at radius 1 is 1.25 bits per heavy atom. The quantitative estimate of drug-likeness (QED) is 0.442. The van der Waals surface area contributed by atoms with E-state index < -0.39 is 21.8 Å². The van der Waals surface area contributed by atoms with Gasteiger partial charge in [0, 0.05) is 0 Å². The molecule has 1 fully saturated rings. The number of epoxide rings is 1. The molecule has 8 heteroatoms. The summed E-state index contributed by atoms with van der Waals surface area (Å²) in [4.78, 5) is 11.2. The molecule has 0 saturated carbocycles. The molecule has 2 aromatic rings. The summed E-state index contributed by atoms with van der Waals surface area (Å²) in [5.74, 6) is -1.06. The van der Waals surface area contributed by atoms with E-state index in [0.29, 0.717) is 5.75 Å². The zero-order chi connectivity index (χ0) is 17.2. The Bertz CT molecular complexity index is 860. The van der Waals surface area contributed by atoms with Crippen LogP contribution in [-0.4, -0.2) is 44.4 Å². The van der Waals surface area contributed by atoms with E-state index in [-0.39, 0.29) is 19.3 Å². The minimum Gasteiger partial charge on any atom is -0.492 e. The summed E-state index contributed by atoms with van der Waals surface area (Å²) in [7, 11) is -4.30. The van der Waals surface area contributed by atoms with Gasteiger partial charge in [0.15, 0.2) is 5.75 Å². The second kappa shape index (κ2) is 6.76. The first-order valence-electron chi connectivity index (χ1n) is 7.41. The van der Waals surface area contributed by atoms with Crippen molar-refractivity contribution < 1.29 is 27.2 Å². The van der Waals surface area contributed by atoms with Crippen molar-refractivity contribution >= 4 is 26.8 Å². The van der Waals surface area contributed by atoms with E-state index in [1.54, 1.807) is 0 Å².